The van der Waals surface area contributed by atoms with Crippen LogP contribution < -0.4 is 5.90 Å². The Morgan fingerprint density at radius 1 is 1.13 bits per heavy atom. The number of hydrogen-bond acceptors (Lipinski definition) is 6. The number of carbonyl (C=O) groups is 2. The van der Waals surface area contributed by atoms with E-state index >= 15 is 0 Å². The van der Waals surface area contributed by atoms with Gasteiger partial charge in [0.2, 0.25) is 0 Å². The average Bonchev–Trinajstić information content (AvgIpc) is 2.53. The maximum atomic E-state index is 12.0. The number of ketones is 1. The molecule has 0 atom stereocenters. The Kier molecular flexibility index (Phi) is 8.21. The van der Waals surface area contributed by atoms with Crippen LogP contribution in [0.5, 0.6) is 0 Å². The fourth-order valence-corrected chi connectivity index (χ4v) is 2.30. The van der Waals surface area contributed by atoms with Gasteiger partial charge in [-0.1, -0.05) is 30.9 Å². The first-order valence-corrected chi connectivity index (χ1v) is 7.70. The first-order chi connectivity index (χ1) is 11.0. The number of unbranched alkanes of at least 4 members (excludes halogenated alkanes) is 4. The highest BCUT2D eigenvalue weighted by atomic mass is 35.5. The molecule has 7 nitrogen and oxygen atoms in total. The van der Waals surface area contributed by atoms with E-state index in [-0.39, 0.29) is 16.5 Å². The van der Waals surface area contributed by atoms with Crippen LogP contribution >= 0.6 is 11.6 Å². The highest BCUT2D eigenvalue weighted by Crippen LogP contribution is 2.25. The minimum Gasteiger partial charge on any atom is -0.373 e. The van der Waals surface area contributed by atoms with E-state index in [1.165, 1.54) is 18.2 Å². The summed E-state index contributed by atoms with van der Waals surface area (Å²) < 4.78 is 0. The Labute approximate surface area is 138 Å². The number of Topliss-reactive ketones (excluding diaryl/α,β-unsaturated/α-hetero) is 1. The maximum Gasteiger partial charge on any atom is 0.324 e. The molecule has 0 aliphatic carbocycles. The molecule has 2 N–H and O–H groups in total. The molecule has 0 aromatic heterocycles. The molecular weight excluding hydrogens is 324 g/mol. The molecule has 8 heteroatoms. The molecule has 0 aliphatic heterocycles. The molecule has 0 heterocycles. The molecule has 23 heavy (non-hydrogen) atoms. The Balaban J connectivity index is 2.31. The number of nitrogens with zero attached hydrogens (tertiary/aromatic N) is 1. The third-order valence-electron chi connectivity index (χ3n) is 3.38. The van der Waals surface area contributed by atoms with Crippen LogP contribution in [0.1, 0.15) is 55.3 Å². The van der Waals surface area contributed by atoms with Crippen LogP contribution in [0, 0.1) is 10.1 Å². The van der Waals surface area contributed by atoms with Gasteiger partial charge in [0, 0.05) is 24.5 Å². The quantitative estimate of drug-likeness (QED) is 0.301. The molecule has 1 aromatic rings. The first-order valence-electron chi connectivity index (χ1n) is 7.32. The lowest BCUT2D eigenvalue weighted by molar-refractivity contribution is -0.384. The zero-order chi connectivity index (χ0) is 17.2. The van der Waals surface area contributed by atoms with Crippen LogP contribution in [-0.4, -0.2) is 16.7 Å². The van der Waals surface area contributed by atoms with E-state index in [1.54, 1.807) is 0 Å². The number of nitro groups is 1. The van der Waals surface area contributed by atoms with Crippen LogP contribution in [0.2, 0.25) is 5.02 Å². The maximum absolute atomic E-state index is 12.0. The summed E-state index contributed by atoms with van der Waals surface area (Å²) in [6.07, 6.45) is 4.61. The van der Waals surface area contributed by atoms with Crippen LogP contribution in [0.4, 0.5) is 5.69 Å². The molecule has 1 rings (SSSR count). The Morgan fingerprint density at radius 2 is 1.74 bits per heavy atom. The first kappa shape index (κ1) is 19.1. The van der Waals surface area contributed by atoms with Crippen molar-refractivity contribution in [3.8, 4) is 0 Å². The molecule has 0 unspecified atom stereocenters. The second-order valence-corrected chi connectivity index (χ2v) is 5.51. The monoisotopic (exact) mass is 342 g/mol. The van der Waals surface area contributed by atoms with Crippen molar-refractivity contribution in [2.45, 2.75) is 44.9 Å². The van der Waals surface area contributed by atoms with E-state index in [1.807, 2.05) is 0 Å². The van der Waals surface area contributed by atoms with Gasteiger partial charge < -0.3 is 4.84 Å². The van der Waals surface area contributed by atoms with Crippen LogP contribution in [-0.2, 0) is 9.63 Å². The third kappa shape index (κ3) is 6.75. The van der Waals surface area contributed by atoms with E-state index in [9.17, 15) is 19.7 Å². The molecule has 0 aliphatic rings. The highest BCUT2D eigenvalue weighted by Gasteiger charge is 2.15. The minimum atomic E-state index is -0.606. The summed E-state index contributed by atoms with van der Waals surface area (Å²) in [6.45, 7) is 0. The SMILES string of the molecule is NOC(=O)CCCCCCCC(=O)c1ccc(Cl)c([N+](=O)[O-])c1. The number of hydrogen-bond donors (Lipinski definition) is 1. The Morgan fingerprint density at radius 3 is 2.35 bits per heavy atom. The Hall–Kier alpha value is -1.99. The van der Waals surface area contributed by atoms with Crippen molar-refractivity contribution in [1.29, 1.82) is 0 Å². The summed E-state index contributed by atoms with van der Waals surface area (Å²) in [5, 5.41) is 10.8. The van der Waals surface area contributed by atoms with E-state index in [0.29, 0.717) is 31.2 Å². The molecule has 0 radical (unpaired) electrons. The number of rotatable bonds is 10. The zero-order valence-corrected chi connectivity index (χ0v) is 13.4. The summed E-state index contributed by atoms with van der Waals surface area (Å²) in [4.78, 5) is 37.0. The summed E-state index contributed by atoms with van der Waals surface area (Å²) in [5.74, 6) is 4.16. The summed E-state index contributed by atoms with van der Waals surface area (Å²) >= 11 is 5.71. The van der Waals surface area contributed by atoms with Gasteiger partial charge in [0.15, 0.2) is 5.78 Å². The van der Waals surface area contributed by atoms with Crippen molar-refractivity contribution in [3.05, 3.63) is 38.9 Å². The van der Waals surface area contributed by atoms with Crippen LogP contribution in [0.15, 0.2) is 18.2 Å². The van der Waals surface area contributed by atoms with Gasteiger partial charge in [-0.15, -0.1) is 0 Å². The zero-order valence-electron chi connectivity index (χ0n) is 12.6. The van der Waals surface area contributed by atoms with E-state index in [0.717, 1.165) is 19.3 Å². The lowest BCUT2D eigenvalue weighted by atomic mass is 10.0. The van der Waals surface area contributed by atoms with Gasteiger partial charge in [-0.3, -0.25) is 19.7 Å². The third-order valence-corrected chi connectivity index (χ3v) is 3.70. The van der Waals surface area contributed by atoms with Gasteiger partial charge in [-0.25, -0.2) is 0 Å². The van der Waals surface area contributed by atoms with Crippen molar-refractivity contribution < 1.29 is 19.3 Å². The number of benzene rings is 1. The molecule has 126 valence electrons. The van der Waals surface area contributed by atoms with Crippen molar-refractivity contribution in [1.82, 2.24) is 0 Å². The molecular formula is C15H19ClN2O5. The number of nitrogens with two attached hydrogens (primary N) is 1. The topological polar surface area (TPSA) is 113 Å². The lowest BCUT2D eigenvalue weighted by Crippen LogP contribution is -2.09. The minimum absolute atomic E-state index is 0.0163. The molecule has 0 saturated heterocycles. The van der Waals surface area contributed by atoms with Gasteiger partial charge >= 0.3 is 5.97 Å². The van der Waals surface area contributed by atoms with Crippen molar-refractivity contribution in [3.63, 3.8) is 0 Å². The average molecular weight is 343 g/mol. The van der Waals surface area contributed by atoms with E-state index in [2.05, 4.69) is 4.84 Å². The van der Waals surface area contributed by atoms with Crippen molar-refractivity contribution in [2.75, 3.05) is 0 Å². The van der Waals surface area contributed by atoms with Crippen molar-refractivity contribution in [2.24, 2.45) is 5.90 Å². The fraction of sp³-hybridized carbons (Fsp3) is 0.467. The standard InChI is InChI=1S/C15H19ClN2O5/c16-12-9-8-11(10-13(12)18(21)22)14(19)6-4-2-1-3-5-7-15(20)23-17/h8-10H,1-7,17H2. The fourth-order valence-electron chi connectivity index (χ4n) is 2.11. The number of carbonyl (C=O) groups excluding carboxylic acids is 2. The van der Waals surface area contributed by atoms with Crippen LogP contribution in [0.25, 0.3) is 0 Å². The van der Waals surface area contributed by atoms with E-state index in [4.69, 9.17) is 17.5 Å². The summed E-state index contributed by atoms with van der Waals surface area (Å²) in [7, 11) is 0. The molecule has 0 saturated carbocycles. The van der Waals surface area contributed by atoms with Crippen LogP contribution in [0.3, 0.4) is 0 Å². The molecule has 0 bridgehead atoms. The lowest BCUT2D eigenvalue weighted by Gasteiger charge is -2.03. The predicted molar refractivity (Wildman–Crippen MR) is 85.0 cm³/mol. The second kappa shape index (κ2) is 9.91. The summed E-state index contributed by atoms with van der Waals surface area (Å²) in [6, 6.07) is 4.07. The van der Waals surface area contributed by atoms with E-state index < -0.39 is 10.9 Å². The molecule has 0 fully saturated rings. The summed E-state index contributed by atoms with van der Waals surface area (Å²) in [5.41, 5.74) is 0.0381. The van der Waals surface area contributed by atoms with Gasteiger partial charge in [0.05, 0.1) is 4.92 Å². The van der Waals surface area contributed by atoms with Crippen molar-refractivity contribution >= 4 is 29.0 Å². The molecule has 1 aromatic carbocycles. The molecule has 0 spiro atoms. The van der Waals surface area contributed by atoms with Gasteiger partial charge in [-0.2, -0.15) is 5.90 Å². The normalized spacial score (nSPS) is 10.3. The number of halogens is 1. The second-order valence-electron chi connectivity index (χ2n) is 5.10. The predicted octanol–water partition coefficient (Wildman–Crippen LogP) is 3.58. The largest absolute Gasteiger partial charge is 0.373 e. The number of nitro benzene ring substituents is 1. The van der Waals surface area contributed by atoms with Gasteiger partial charge in [0.25, 0.3) is 5.69 Å². The smallest absolute Gasteiger partial charge is 0.324 e. The molecule has 0 amide bonds. The Bertz CT molecular complexity index is 577. The van der Waals surface area contributed by atoms with Gasteiger partial charge in [-0.05, 0) is 25.0 Å². The highest BCUT2D eigenvalue weighted by molar-refractivity contribution is 6.32. The van der Waals surface area contributed by atoms with Gasteiger partial charge in [0.1, 0.15) is 5.02 Å².